The van der Waals surface area contributed by atoms with Crippen LogP contribution >= 0.6 is 0 Å². The molecule has 2 heterocycles. The van der Waals surface area contributed by atoms with Gasteiger partial charge >= 0.3 is 0 Å². The smallest absolute Gasteiger partial charge is 0.273 e. The molecule has 0 radical (unpaired) electrons. The number of carbonyl (C=O) groups is 1. The van der Waals surface area contributed by atoms with Crippen molar-refractivity contribution in [3.8, 4) is 0 Å². The van der Waals surface area contributed by atoms with Crippen molar-refractivity contribution in [1.29, 1.82) is 0 Å². The average molecular weight is 333 g/mol. The maximum atomic E-state index is 12.7. The van der Waals surface area contributed by atoms with E-state index in [4.69, 9.17) is 4.98 Å². The second-order valence-electron chi connectivity index (χ2n) is 6.02. The number of H-pyrrole nitrogens is 1. The van der Waals surface area contributed by atoms with Crippen LogP contribution in [0.1, 0.15) is 36.2 Å². The molecule has 1 unspecified atom stereocenters. The number of nitrogens with one attached hydrogen (secondary N) is 2. The van der Waals surface area contributed by atoms with Crippen molar-refractivity contribution in [2.24, 2.45) is 0 Å². The zero-order valence-electron chi connectivity index (χ0n) is 14.2. The van der Waals surface area contributed by atoms with Crippen LogP contribution in [-0.2, 0) is 6.54 Å². The van der Waals surface area contributed by atoms with Gasteiger partial charge in [0.25, 0.3) is 5.91 Å². The van der Waals surface area contributed by atoms with Gasteiger partial charge in [-0.3, -0.25) is 9.89 Å². The minimum atomic E-state index is -0.227. The Kier molecular flexibility index (Phi) is 3.72. The van der Waals surface area contributed by atoms with E-state index in [9.17, 15) is 4.79 Å². The Morgan fingerprint density at radius 2 is 1.96 bits per heavy atom. The summed E-state index contributed by atoms with van der Waals surface area (Å²) >= 11 is 0. The number of fused-ring (bicyclic) bond motifs is 2. The Hall–Kier alpha value is -3.15. The third-order valence-electron chi connectivity index (χ3n) is 4.42. The normalized spacial score (nSPS) is 12.6. The number of aromatic amines is 1. The lowest BCUT2D eigenvalue weighted by Gasteiger charge is -2.14. The molecule has 25 heavy (non-hydrogen) atoms. The van der Waals surface area contributed by atoms with E-state index in [0.717, 1.165) is 34.3 Å². The highest BCUT2D eigenvalue weighted by Crippen LogP contribution is 2.22. The fourth-order valence-electron chi connectivity index (χ4n) is 3.22. The molecule has 0 spiro atoms. The van der Waals surface area contributed by atoms with Crippen LogP contribution < -0.4 is 5.32 Å². The van der Waals surface area contributed by atoms with Crippen LogP contribution in [0.4, 0.5) is 0 Å². The molecular weight excluding hydrogens is 314 g/mol. The molecule has 2 N–H and O–H groups in total. The molecule has 1 atom stereocenters. The summed E-state index contributed by atoms with van der Waals surface area (Å²) in [5.74, 6) is 0.636. The first-order chi connectivity index (χ1) is 12.2. The van der Waals surface area contributed by atoms with Gasteiger partial charge < -0.3 is 9.88 Å². The fraction of sp³-hybridized carbons (Fsp3) is 0.211. The van der Waals surface area contributed by atoms with Gasteiger partial charge in [0, 0.05) is 11.9 Å². The molecule has 6 nitrogen and oxygen atoms in total. The first-order valence-corrected chi connectivity index (χ1v) is 8.38. The number of aryl methyl sites for hydroxylation is 1. The molecule has 1 amide bonds. The van der Waals surface area contributed by atoms with Crippen molar-refractivity contribution >= 4 is 27.8 Å². The molecule has 0 aliphatic carbocycles. The van der Waals surface area contributed by atoms with Gasteiger partial charge in [-0.2, -0.15) is 5.10 Å². The summed E-state index contributed by atoms with van der Waals surface area (Å²) in [6.45, 7) is 4.81. The zero-order chi connectivity index (χ0) is 17.4. The standard InChI is InChI=1S/C19H19N5O/c1-3-24-16-11-7-6-10-15(16)21-18(24)12(2)20-19(25)17-13-8-4-5-9-14(13)22-23-17/h4-12H,3H2,1-2H3,(H,20,25)(H,22,23). The topological polar surface area (TPSA) is 75.6 Å². The minimum absolute atomic E-state index is 0.209. The number of amides is 1. The van der Waals surface area contributed by atoms with Crippen LogP contribution in [0.5, 0.6) is 0 Å². The second kappa shape index (κ2) is 6.05. The SMILES string of the molecule is CCn1c(C(C)NC(=O)c2n[nH]c3ccccc23)nc2ccccc21. The Bertz CT molecular complexity index is 1060. The van der Waals surface area contributed by atoms with Crippen LogP contribution in [0.3, 0.4) is 0 Å². The van der Waals surface area contributed by atoms with E-state index in [-0.39, 0.29) is 11.9 Å². The first kappa shape index (κ1) is 15.4. The van der Waals surface area contributed by atoms with E-state index in [1.54, 1.807) is 0 Å². The molecule has 0 fully saturated rings. The van der Waals surface area contributed by atoms with Crippen LogP contribution in [0.2, 0.25) is 0 Å². The highest BCUT2D eigenvalue weighted by Gasteiger charge is 2.20. The predicted molar refractivity (Wildman–Crippen MR) is 97.4 cm³/mol. The predicted octanol–water partition coefficient (Wildman–Crippen LogP) is 3.42. The molecule has 2 aromatic heterocycles. The molecule has 0 bridgehead atoms. The van der Waals surface area contributed by atoms with Gasteiger partial charge in [-0.25, -0.2) is 4.98 Å². The van der Waals surface area contributed by atoms with Crippen molar-refractivity contribution in [3.63, 3.8) is 0 Å². The maximum Gasteiger partial charge on any atom is 0.273 e. The van der Waals surface area contributed by atoms with Gasteiger partial charge in [-0.05, 0) is 32.0 Å². The number of aromatic nitrogens is 4. The lowest BCUT2D eigenvalue weighted by Crippen LogP contribution is -2.29. The number of nitrogens with zero attached hydrogens (tertiary/aromatic N) is 3. The second-order valence-corrected chi connectivity index (χ2v) is 6.02. The molecule has 4 rings (SSSR count). The van der Waals surface area contributed by atoms with Gasteiger partial charge in [0.1, 0.15) is 5.82 Å². The van der Waals surface area contributed by atoms with Gasteiger partial charge in [0.15, 0.2) is 5.69 Å². The third kappa shape index (κ3) is 2.55. The van der Waals surface area contributed by atoms with E-state index in [1.807, 2.05) is 55.5 Å². The summed E-state index contributed by atoms with van der Waals surface area (Å²) in [5.41, 5.74) is 3.26. The average Bonchev–Trinajstić information content (AvgIpc) is 3.23. The number of imidazole rings is 1. The van der Waals surface area contributed by atoms with Gasteiger partial charge in [-0.15, -0.1) is 0 Å². The Morgan fingerprint density at radius 1 is 1.20 bits per heavy atom. The summed E-state index contributed by atoms with van der Waals surface area (Å²) in [7, 11) is 0. The molecule has 2 aromatic carbocycles. The third-order valence-corrected chi connectivity index (χ3v) is 4.42. The fourth-order valence-corrected chi connectivity index (χ4v) is 3.22. The summed E-state index contributed by atoms with van der Waals surface area (Å²) < 4.78 is 2.13. The van der Waals surface area contributed by atoms with Crippen molar-refractivity contribution in [2.75, 3.05) is 0 Å². The number of para-hydroxylation sites is 3. The van der Waals surface area contributed by atoms with Gasteiger partial charge in [0.05, 0.1) is 22.6 Å². The lowest BCUT2D eigenvalue weighted by atomic mass is 10.2. The first-order valence-electron chi connectivity index (χ1n) is 8.38. The van der Waals surface area contributed by atoms with Crippen molar-refractivity contribution < 1.29 is 4.79 Å². The highest BCUT2D eigenvalue weighted by atomic mass is 16.2. The van der Waals surface area contributed by atoms with Crippen molar-refractivity contribution in [3.05, 3.63) is 60.0 Å². The molecule has 0 saturated carbocycles. The number of benzene rings is 2. The summed E-state index contributed by atoms with van der Waals surface area (Å²) in [4.78, 5) is 17.4. The monoisotopic (exact) mass is 333 g/mol. The summed E-state index contributed by atoms with van der Waals surface area (Å²) in [6.07, 6.45) is 0. The molecule has 0 aliphatic heterocycles. The van der Waals surface area contributed by atoms with E-state index >= 15 is 0 Å². The molecule has 4 aromatic rings. The lowest BCUT2D eigenvalue weighted by molar-refractivity contribution is 0.0934. The number of rotatable bonds is 4. The highest BCUT2D eigenvalue weighted by molar-refractivity contribution is 6.04. The van der Waals surface area contributed by atoms with Gasteiger partial charge in [-0.1, -0.05) is 30.3 Å². The Morgan fingerprint density at radius 3 is 2.80 bits per heavy atom. The van der Waals surface area contributed by atoms with Crippen LogP contribution in [-0.4, -0.2) is 25.7 Å². The number of hydrogen-bond donors (Lipinski definition) is 2. The summed E-state index contributed by atoms with van der Waals surface area (Å²) in [5, 5.41) is 10.9. The van der Waals surface area contributed by atoms with E-state index in [1.165, 1.54) is 0 Å². The zero-order valence-corrected chi connectivity index (χ0v) is 14.2. The largest absolute Gasteiger partial charge is 0.341 e. The van der Waals surface area contributed by atoms with E-state index in [2.05, 4.69) is 27.0 Å². The van der Waals surface area contributed by atoms with Crippen LogP contribution in [0.25, 0.3) is 21.9 Å². The molecular formula is C19H19N5O. The Balaban J connectivity index is 1.66. The minimum Gasteiger partial charge on any atom is -0.341 e. The molecule has 6 heteroatoms. The molecule has 0 aliphatic rings. The van der Waals surface area contributed by atoms with E-state index in [0.29, 0.717) is 5.69 Å². The number of hydrogen-bond acceptors (Lipinski definition) is 3. The van der Waals surface area contributed by atoms with E-state index < -0.39 is 0 Å². The van der Waals surface area contributed by atoms with Gasteiger partial charge in [0.2, 0.25) is 0 Å². The van der Waals surface area contributed by atoms with Crippen LogP contribution in [0.15, 0.2) is 48.5 Å². The molecule has 0 saturated heterocycles. The maximum absolute atomic E-state index is 12.7. The van der Waals surface area contributed by atoms with Crippen LogP contribution in [0, 0.1) is 0 Å². The number of carbonyl (C=O) groups excluding carboxylic acids is 1. The van der Waals surface area contributed by atoms with Crippen molar-refractivity contribution in [1.82, 2.24) is 25.1 Å². The summed E-state index contributed by atoms with van der Waals surface area (Å²) in [6, 6.07) is 15.4. The van der Waals surface area contributed by atoms with Crippen molar-refractivity contribution in [2.45, 2.75) is 26.4 Å². The molecule has 126 valence electrons. The Labute approximate surface area is 144 Å². The quantitative estimate of drug-likeness (QED) is 0.601.